The van der Waals surface area contributed by atoms with Gasteiger partial charge in [-0.1, -0.05) is 12.8 Å². The molecule has 0 saturated heterocycles. The minimum Gasteiger partial charge on any atom is -0.481 e. The van der Waals surface area contributed by atoms with Gasteiger partial charge in [-0.05, 0) is 43.9 Å². The van der Waals surface area contributed by atoms with Crippen molar-refractivity contribution in [2.75, 3.05) is 0 Å². The zero-order valence-electron chi connectivity index (χ0n) is 12.7. The first-order chi connectivity index (χ1) is 10.7. The van der Waals surface area contributed by atoms with Crippen molar-refractivity contribution in [1.29, 1.82) is 0 Å². The summed E-state index contributed by atoms with van der Waals surface area (Å²) in [4.78, 5) is 43.3. The summed E-state index contributed by atoms with van der Waals surface area (Å²) in [5.41, 5.74) is 0. The highest BCUT2D eigenvalue weighted by molar-refractivity contribution is 5.93. The van der Waals surface area contributed by atoms with Gasteiger partial charge in [0.05, 0.1) is 0 Å². The van der Waals surface area contributed by atoms with Gasteiger partial charge in [0.2, 0.25) is 0 Å². The van der Waals surface area contributed by atoms with Crippen LogP contribution in [0.25, 0.3) is 0 Å². The first-order valence-corrected chi connectivity index (χ1v) is 7.63. The molecule has 1 aliphatic rings. The molecule has 0 radical (unpaired) electrons. The van der Waals surface area contributed by atoms with Crippen molar-refractivity contribution < 1.29 is 39.6 Å². The lowest BCUT2D eigenvalue weighted by atomic mass is 9.91. The minimum atomic E-state index is -1.39. The minimum absolute atomic E-state index is 0.0783. The van der Waals surface area contributed by atoms with Crippen molar-refractivity contribution in [3.63, 3.8) is 0 Å². The zero-order chi connectivity index (χ0) is 17.6. The van der Waals surface area contributed by atoms with E-state index < -0.39 is 35.7 Å². The van der Waals surface area contributed by atoms with Crippen LogP contribution in [0.1, 0.15) is 44.9 Å². The highest BCUT2D eigenvalue weighted by atomic mass is 16.4. The quantitative estimate of drug-likeness (QED) is 0.440. The van der Waals surface area contributed by atoms with Crippen LogP contribution < -0.4 is 0 Å². The van der Waals surface area contributed by atoms with Crippen molar-refractivity contribution in [2.24, 2.45) is 23.7 Å². The fourth-order valence-corrected chi connectivity index (χ4v) is 3.21. The van der Waals surface area contributed by atoms with E-state index in [0.29, 0.717) is 12.8 Å². The standard InChI is InChI=1S/C15H22O8/c16-12(17)10(13(18)19)5-3-8-1-2-9(7-8)4-6-11(14(20)21)15(22)23/h8-11H,1-7H2,(H,16,17)(H,18,19)(H,20,21)(H,22,23). The van der Waals surface area contributed by atoms with Crippen LogP contribution in [0, 0.1) is 23.7 Å². The molecule has 1 rings (SSSR count). The van der Waals surface area contributed by atoms with Crippen LogP contribution in [-0.4, -0.2) is 44.3 Å². The van der Waals surface area contributed by atoms with Crippen LogP contribution in [0.2, 0.25) is 0 Å². The van der Waals surface area contributed by atoms with Gasteiger partial charge in [-0.2, -0.15) is 0 Å². The van der Waals surface area contributed by atoms with Crippen LogP contribution in [0.3, 0.4) is 0 Å². The number of hydrogen-bond donors (Lipinski definition) is 4. The maximum absolute atomic E-state index is 10.8. The van der Waals surface area contributed by atoms with Crippen molar-refractivity contribution >= 4 is 23.9 Å². The smallest absolute Gasteiger partial charge is 0.317 e. The van der Waals surface area contributed by atoms with Crippen LogP contribution >= 0.6 is 0 Å². The zero-order valence-corrected chi connectivity index (χ0v) is 12.7. The van der Waals surface area contributed by atoms with Crippen LogP contribution in [0.4, 0.5) is 0 Å². The van der Waals surface area contributed by atoms with Gasteiger partial charge >= 0.3 is 23.9 Å². The summed E-state index contributed by atoms with van der Waals surface area (Å²) >= 11 is 0. The molecule has 1 saturated carbocycles. The van der Waals surface area contributed by atoms with E-state index in [1.165, 1.54) is 0 Å². The van der Waals surface area contributed by atoms with Crippen molar-refractivity contribution in [3.8, 4) is 0 Å². The number of hydrogen-bond acceptors (Lipinski definition) is 4. The van der Waals surface area contributed by atoms with Gasteiger partial charge in [-0.15, -0.1) is 0 Å². The van der Waals surface area contributed by atoms with Gasteiger partial charge in [0.1, 0.15) is 0 Å². The summed E-state index contributed by atoms with van der Waals surface area (Å²) in [7, 11) is 0. The second kappa shape index (κ2) is 8.50. The average Bonchev–Trinajstić information content (AvgIpc) is 2.85. The Balaban J connectivity index is 2.38. The summed E-state index contributed by atoms with van der Waals surface area (Å²) in [6.07, 6.45) is 3.59. The van der Waals surface area contributed by atoms with Crippen molar-refractivity contribution in [1.82, 2.24) is 0 Å². The maximum atomic E-state index is 10.8. The molecule has 0 aliphatic heterocycles. The molecular weight excluding hydrogens is 308 g/mol. The van der Waals surface area contributed by atoms with E-state index >= 15 is 0 Å². The Bertz CT molecular complexity index is 402. The van der Waals surface area contributed by atoms with E-state index in [2.05, 4.69) is 0 Å². The van der Waals surface area contributed by atoms with E-state index in [1.54, 1.807) is 0 Å². The van der Waals surface area contributed by atoms with E-state index in [-0.39, 0.29) is 24.7 Å². The van der Waals surface area contributed by atoms with E-state index in [1.807, 2.05) is 0 Å². The molecule has 0 amide bonds. The number of aliphatic carboxylic acids is 4. The van der Waals surface area contributed by atoms with E-state index in [4.69, 9.17) is 20.4 Å². The third-order valence-corrected chi connectivity index (χ3v) is 4.57. The molecule has 130 valence electrons. The largest absolute Gasteiger partial charge is 0.481 e. The number of carbonyl (C=O) groups is 4. The molecule has 8 heteroatoms. The van der Waals surface area contributed by atoms with Crippen LogP contribution in [0.5, 0.6) is 0 Å². The fourth-order valence-electron chi connectivity index (χ4n) is 3.21. The molecule has 0 spiro atoms. The summed E-state index contributed by atoms with van der Waals surface area (Å²) in [5, 5.41) is 35.3. The van der Waals surface area contributed by atoms with Crippen molar-refractivity contribution in [3.05, 3.63) is 0 Å². The Labute approximate surface area is 133 Å². The number of carboxylic acids is 4. The number of rotatable bonds is 10. The predicted molar refractivity (Wildman–Crippen MR) is 76.8 cm³/mol. The summed E-state index contributed by atoms with van der Waals surface area (Å²) in [6, 6.07) is 0. The monoisotopic (exact) mass is 330 g/mol. The molecule has 1 fully saturated rings. The normalized spacial score (nSPS) is 20.8. The Morgan fingerprint density at radius 1 is 0.696 bits per heavy atom. The highest BCUT2D eigenvalue weighted by Gasteiger charge is 2.32. The molecular formula is C15H22O8. The summed E-state index contributed by atoms with van der Waals surface area (Å²) in [5.74, 6) is -7.69. The Morgan fingerprint density at radius 3 is 1.26 bits per heavy atom. The van der Waals surface area contributed by atoms with Crippen LogP contribution in [-0.2, 0) is 19.2 Å². The average molecular weight is 330 g/mol. The Hall–Kier alpha value is -2.12. The van der Waals surface area contributed by atoms with Gasteiger partial charge in [0.15, 0.2) is 11.8 Å². The second-order valence-corrected chi connectivity index (χ2v) is 6.16. The maximum Gasteiger partial charge on any atom is 0.317 e. The van der Waals surface area contributed by atoms with Gasteiger partial charge in [0, 0.05) is 0 Å². The molecule has 0 bridgehead atoms. The molecule has 2 unspecified atom stereocenters. The summed E-state index contributed by atoms with van der Waals surface area (Å²) < 4.78 is 0. The van der Waals surface area contributed by atoms with E-state index in [0.717, 1.165) is 19.3 Å². The lowest BCUT2D eigenvalue weighted by Gasteiger charge is -2.14. The molecule has 4 N–H and O–H groups in total. The molecule has 0 aromatic carbocycles. The molecule has 2 atom stereocenters. The second-order valence-electron chi connectivity index (χ2n) is 6.16. The fraction of sp³-hybridized carbons (Fsp3) is 0.733. The molecule has 0 heterocycles. The first-order valence-electron chi connectivity index (χ1n) is 7.63. The Morgan fingerprint density at radius 2 is 1.00 bits per heavy atom. The first kappa shape index (κ1) is 18.9. The Kier molecular flexibility index (Phi) is 6.99. The predicted octanol–water partition coefficient (Wildman–Crippen LogP) is 1.53. The molecule has 8 nitrogen and oxygen atoms in total. The SMILES string of the molecule is O=C(O)C(CCC1CCC(CCC(C(=O)O)C(=O)O)C1)C(=O)O. The van der Waals surface area contributed by atoms with Crippen molar-refractivity contribution in [2.45, 2.75) is 44.9 Å². The molecule has 1 aliphatic carbocycles. The molecule has 23 heavy (non-hydrogen) atoms. The highest BCUT2D eigenvalue weighted by Crippen LogP contribution is 2.37. The third kappa shape index (κ3) is 5.88. The third-order valence-electron chi connectivity index (χ3n) is 4.57. The topological polar surface area (TPSA) is 149 Å². The van der Waals surface area contributed by atoms with Crippen LogP contribution in [0.15, 0.2) is 0 Å². The molecule has 0 aromatic rings. The summed E-state index contributed by atoms with van der Waals surface area (Å²) in [6.45, 7) is 0. The number of carboxylic acid groups (broad SMARTS) is 4. The lowest BCUT2D eigenvalue weighted by Crippen LogP contribution is -2.24. The van der Waals surface area contributed by atoms with Gasteiger partial charge in [-0.3, -0.25) is 19.2 Å². The molecule has 0 aromatic heterocycles. The van der Waals surface area contributed by atoms with E-state index in [9.17, 15) is 19.2 Å². The van der Waals surface area contributed by atoms with Gasteiger partial charge in [0.25, 0.3) is 0 Å². The lowest BCUT2D eigenvalue weighted by molar-refractivity contribution is -0.156. The van der Waals surface area contributed by atoms with Gasteiger partial charge < -0.3 is 20.4 Å². The van der Waals surface area contributed by atoms with Gasteiger partial charge in [-0.25, -0.2) is 0 Å².